The van der Waals surface area contributed by atoms with Crippen molar-refractivity contribution in [2.45, 2.75) is 59.4 Å². The van der Waals surface area contributed by atoms with E-state index in [1.54, 1.807) is 35.1 Å². The fourth-order valence-electron chi connectivity index (χ4n) is 4.96. The van der Waals surface area contributed by atoms with Crippen molar-refractivity contribution in [3.63, 3.8) is 0 Å². The van der Waals surface area contributed by atoms with Gasteiger partial charge >= 0.3 is 0 Å². The second kappa shape index (κ2) is 10.8. The molecule has 36 heavy (non-hydrogen) atoms. The van der Waals surface area contributed by atoms with E-state index in [4.69, 9.17) is 0 Å². The van der Waals surface area contributed by atoms with Crippen LogP contribution in [0.2, 0.25) is 0 Å². The van der Waals surface area contributed by atoms with Gasteiger partial charge in [0.1, 0.15) is 0 Å². The molecule has 0 N–H and O–H groups in total. The molecule has 2 aromatic carbocycles. The number of aryl methyl sites for hydroxylation is 3. The molecule has 3 aromatic rings. The third-order valence-corrected chi connectivity index (χ3v) is 7.34. The van der Waals surface area contributed by atoms with Crippen molar-refractivity contribution in [3.05, 3.63) is 65.0 Å². The van der Waals surface area contributed by atoms with E-state index in [2.05, 4.69) is 23.8 Å². The van der Waals surface area contributed by atoms with Gasteiger partial charge in [0, 0.05) is 62.3 Å². The van der Waals surface area contributed by atoms with Crippen LogP contribution in [0.3, 0.4) is 0 Å². The van der Waals surface area contributed by atoms with Gasteiger partial charge in [0.05, 0.1) is 6.20 Å². The number of fused-ring (bicyclic) bond motifs is 1. The highest BCUT2D eigenvalue weighted by Gasteiger charge is 2.26. The quantitative estimate of drug-likeness (QED) is 0.345. The van der Waals surface area contributed by atoms with Crippen LogP contribution < -0.4 is 4.90 Å². The molecule has 1 aromatic heterocycles. The highest BCUT2D eigenvalue weighted by molar-refractivity contribution is 5.79. The van der Waals surface area contributed by atoms with E-state index >= 15 is 0 Å². The molecule has 0 bridgehead atoms. The predicted octanol–water partition coefficient (Wildman–Crippen LogP) is 6.81. The summed E-state index contributed by atoms with van der Waals surface area (Å²) in [6.07, 6.45) is 4.05. The van der Waals surface area contributed by atoms with Crippen LogP contribution in [0.5, 0.6) is 0 Å². The van der Waals surface area contributed by atoms with Crippen LogP contribution in [-0.2, 0) is 24.8 Å². The molecule has 192 valence electrons. The number of nitrogens with zero attached hydrogens (tertiary/aromatic N) is 4. The predicted molar refractivity (Wildman–Crippen MR) is 141 cm³/mol. The monoisotopic (exact) mass is 494 g/mol. The van der Waals surface area contributed by atoms with Crippen molar-refractivity contribution in [1.29, 1.82) is 0 Å². The third-order valence-electron chi connectivity index (χ3n) is 7.34. The van der Waals surface area contributed by atoms with Crippen LogP contribution in [0.1, 0.15) is 61.8 Å². The molecule has 4 rings (SSSR count). The minimum absolute atomic E-state index is 0.0173. The number of hydrogen-bond donors (Lipinski definition) is 0. The number of alkyl halides is 2. The van der Waals surface area contributed by atoms with Crippen LogP contribution in [-0.4, -0.2) is 34.2 Å². The standard InChI is InChI=1S/C29H36F2N4O/c1-6-19(2)13-28(36)33(4)18-25-20(3)9-7-11-26(25)35-12-8-10-21-14-23(22-16-32-34(5)17-22)24(29(30)31)15-27(21)35/h7,9,11,14-17,19,29H,6,8,10,12-13,18H2,1-5H3/t19-/m0/s1. The second-order valence-corrected chi connectivity index (χ2v) is 10.1. The van der Waals surface area contributed by atoms with E-state index in [1.165, 1.54) is 0 Å². The summed E-state index contributed by atoms with van der Waals surface area (Å²) in [6.45, 7) is 7.46. The van der Waals surface area contributed by atoms with Gasteiger partial charge in [0.25, 0.3) is 6.43 Å². The van der Waals surface area contributed by atoms with Crippen molar-refractivity contribution >= 4 is 17.3 Å². The first-order valence-electron chi connectivity index (χ1n) is 12.7. The molecule has 5 nitrogen and oxygen atoms in total. The Labute approximate surface area is 212 Å². The van der Waals surface area contributed by atoms with Crippen LogP contribution in [0.4, 0.5) is 20.2 Å². The number of amides is 1. The summed E-state index contributed by atoms with van der Waals surface area (Å²) >= 11 is 0. The zero-order chi connectivity index (χ0) is 26.0. The Balaban J connectivity index is 1.74. The maximum absolute atomic E-state index is 14.3. The van der Waals surface area contributed by atoms with Crippen molar-refractivity contribution < 1.29 is 13.6 Å². The fraction of sp³-hybridized carbons (Fsp3) is 0.448. The molecule has 0 saturated carbocycles. The number of halogens is 2. The number of anilines is 2. The topological polar surface area (TPSA) is 41.4 Å². The van der Waals surface area contributed by atoms with Gasteiger partial charge in [-0.05, 0) is 66.1 Å². The molecule has 0 unspecified atom stereocenters. The van der Waals surface area contributed by atoms with E-state index in [9.17, 15) is 13.6 Å². The van der Waals surface area contributed by atoms with Crippen LogP contribution >= 0.6 is 0 Å². The van der Waals surface area contributed by atoms with Gasteiger partial charge in [0.2, 0.25) is 5.91 Å². The lowest BCUT2D eigenvalue weighted by Crippen LogP contribution is -2.30. The van der Waals surface area contributed by atoms with E-state index in [0.717, 1.165) is 53.9 Å². The highest BCUT2D eigenvalue weighted by atomic mass is 19.3. The first-order chi connectivity index (χ1) is 17.2. The maximum Gasteiger partial charge on any atom is 0.264 e. The lowest BCUT2D eigenvalue weighted by Gasteiger charge is -2.35. The maximum atomic E-state index is 14.3. The van der Waals surface area contributed by atoms with Gasteiger partial charge < -0.3 is 9.80 Å². The third kappa shape index (κ3) is 5.30. The molecule has 1 aliphatic rings. The Morgan fingerprint density at radius 1 is 1.22 bits per heavy atom. The van der Waals surface area contributed by atoms with E-state index in [-0.39, 0.29) is 11.5 Å². The van der Waals surface area contributed by atoms with Gasteiger partial charge in [-0.2, -0.15) is 5.10 Å². The van der Waals surface area contributed by atoms with Crippen LogP contribution in [0.25, 0.3) is 11.1 Å². The lowest BCUT2D eigenvalue weighted by atomic mass is 9.92. The number of rotatable bonds is 8. The Morgan fingerprint density at radius 3 is 2.67 bits per heavy atom. The Bertz CT molecular complexity index is 1240. The molecular weight excluding hydrogens is 458 g/mol. The molecule has 1 amide bonds. The Morgan fingerprint density at radius 2 is 2.00 bits per heavy atom. The van der Waals surface area contributed by atoms with Crippen molar-refractivity contribution in [3.8, 4) is 11.1 Å². The van der Waals surface area contributed by atoms with Gasteiger partial charge in [-0.25, -0.2) is 8.78 Å². The summed E-state index contributed by atoms with van der Waals surface area (Å²) in [5.74, 6) is 0.464. The van der Waals surface area contributed by atoms with Crippen molar-refractivity contribution in [1.82, 2.24) is 14.7 Å². The van der Waals surface area contributed by atoms with Gasteiger partial charge in [-0.15, -0.1) is 0 Å². The Hall–Kier alpha value is -3.22. The molecule has 0 radical (unpaired) electrons. The lowest BCUT2D eigenvalue weighted by molar-refractivity contribution is -0.131. The summed E-state index contributed by atoms with van der Waals surface area (Å²) in [7, 11) is 3.63. The number of carbonyl (C=O) groups excluding carboxylic acids is 1. The molecule has 0 aliphatic carbocycles. The van der Waals surface area contributed by atoms with Crippen molar-refractivity contribution in [2.24, 2.45) is 13.0 Å². The van der Waals surface area contributed by atoms with Gasteiger partial charge in [-0.3, -0.25) is 9.48 Å². The summed E-state index contributed by atoms with van der Waals surface area (Å²) in [4.78, 5) is 16.8. The minimum atomic E-state index is -2.60. The van der Waals surface area contributed by atoms with Gasteiger partial charge in [-0.1, -0.05) is 32.4 Å². The number of hydrogen-bond acceptors (Lipinski definition) is 3. The summed E-state index contributed by atoms with van der Waals surface area (Å²) in [5.41, 5.74) is 6.26. The zero-order valence-corrected chi connectivity index (χ0v) is 21.9. The smallest absolute Gasteiger partial charge is 0.264 e. The second-order valence-electron chi connectivity index (χ2n) is 10.1. The summed E-state index contributed by atoms with van der Waals surface area (Å²) in [6, 6.07) is 9.67. The average molecular weight is 495 g/mol. The van der Waals surface area contributed by atoms with E-state index in [0.29, 0.717) is 30.0 Å². The molecule has 2 heterocycles. The molecule has 1 aliphatic heterocycles. The molecule has 0 spiro atoms. The highest BCUT2D eigenvalue weighted by Crippen LogP contribution is 2.42. The SMILES string of the molecule is CC[C@H](C)CC(=O)N(C)Cc1c(C)cccc1N1CCCc2cc(-c3cnn(C)c3)c(C(F)F)cc21. The largest absolute Gasteiger partial charge is 0.341 e. The molecule has 1 atom stereocenters. The number of aromatic nitrogens is 2. The van der Waals surface area contributed by atoms with Crippen LogP contribution in [0.15, 0.2) is 42.7 Å². The van der Waals surface area contributed by atoms with E-state index < -0.39 is 6.43 Å². The normalized spacial score (nSPS) is 14.2. The van der Waals surface area contributed by atoms with Crippen LogP contribution in [0, 0.1) is 12.8 Å². The number of benzene rings is 2. The summed E-state index contributed by atoms with van der Waals surface area (Å²) < 4.78 is 30.2. The average Bonchev–Trinajstić information content (AvgIpc) is 3.29. The molecule has 0 fully saturated rings. The molecular formula is C29H36F2N4O. The summed E-state index contributed by atoms with van der Waals surface area (Å²) in [5, 5.41) is 4.18. The molecule has 7 heteroatoms. The number of carbonyl (C=O) groups is 1. The first-order valence-corrected chi connectivity index (χ1v) is 12.7. The van der Waals surface area contributed by atoms with Crippen molar-refractivity contribution in [2.75, 3.05) is 18.5 Å². The van der Waals surface area contributed by atoms with E-state index in [1.807, 2.05) is 38.2 Å². The fourth-order valence-corrected chi connectivity index (χ4v) is 4.96. The first kappa shape index (κ1) is 25.9. The Kier molecular flexibility index (Phi) is 7.76. The zero-order valence-electron chi connectivity index (χ0n) is 21.9. The minimum Gasteiger partial charge on any atom is -0.341 e. The molecule has 0 saturated heterocycles. The van der Waals surface area contributed by atoms with Gasteiger partial charge in [0.15, 0.2) is 0 Å².